The first-order valence-corrected chi connectivity index (χ1v) is 9.85. The Labute approximate surface area is 180 Å². The van der Waals surface area contributed by atoms with Gasteiger partial charge in [0.2, 0.25) is 0 Å². The average molecular weight is 414 g/mol. The normalized spacial score (nSPS) is 15.5. The number of hydrogen-bond donors (Lipinski definition) is 1. The molecule has 1 N–H and O–H groups in total. The van der Waals surface area contributed by atoms with E-state index in [9.17, 15) is 14.4 Å². The molecule has 0 unspecified atom stereocenters. The predicted octanol–water partition coefficient (Wildman–Crippen LogP) is 3.77. The fourth-order valence-corrected chi connectivity index (χ4v) is 3.95. The monoisotopic (exact) mass is 414 g/mol. The molecule has 3 heterocycles. The van der Waals surface area contributed by atoms with E-state index in [2.05, 4.69) is 33.1 Å². The summed E-state index contributed by atoms with van der Waals surface area (Å²) >= 11 is 0. The molecule has 2 aromatic heterocycles. The Kier molecular flexibility index (Phi) is 5.02. The van der Waals surface area contributed by atoms with Crippen molar-refractivity contribution in [2.45, 2.75) is 27.7 Å². The van der Waals surface area contributed by atoms with Gasteiger partial charge in [0.05, 0.1) is 5.69 Å². The van der Waals surface area contributed by atoms with Crippen LogP contribution >= 0.6 is 0 Å². The minimum Gasteiger partial charge on any atom is -0.318 e. The van der Waals surface area contributed by atoms with Crippen LogP contribution in [0.25, 0.3) is 11.8 Å². The van der Waals surface area contributed by atoms with Crippen molar-refractivity contribution in [3.8, 4) is 5.69 Å². The number of carbonyl (C=O) groups excluding carboxylic acids is 3. The number of rotatable bonds is 3. The van der Waals surface area contributed by atoms with Gasteiger partial charge in [-0.1, -0.05) is 6.07 Å². The first kappa shape index (κ1) is 20.3. The van der Waals surface area contributed by atoms with Crippen LogP contribution < -0.4 is 10.2 Å². The lowest BCUT2D eigenvalue weighted by Gasteiger charge is -2.26. The van der Waals surface area contributed by atoms with E-state index in [1.54, 1.807) is 6.08 Å². The van der Waals surface area contributed by atoms with E-state index in [1.165, 1.54) is 24.5 Å². The van der Waals surface area contributed by atoms with Crippen LogP contribution in [0, 0.1) is 27.7 Å². The van der Waals surface area contributed by atoms with Gasteiger partial charge in [-0.25, -0.2) is 9.69 Å². The molecule has 1 aliphatic heterocycles. The van der Waals surface area contributed by atoms with Crippen molar-refractivity contribution in [1.29, 1.82) is 0 Å². The predicted molar refractivity (Wildman–Crippen MR) is 118 cm³/mol. The topological polar surface area (TPSA) is 84.3 Å². The summed E-state index contributed by atoms with van der Waals surface area (Å²) < 4.78 is 2.09. The zero-order valence-electron chi connectivity index (χ0n) is 17.8. The number of barbiturate groups is 1. The van der Waals surface area contributed by atoms with Crippen molar-refractivity contribution in [2.75, 3.05) is 4.90 Å². The Hall–Kier alpha value is -4.00. The Morgan fingerprint density at radius 1 is 0.871 bits per heavy atom. The van der Waals surface area contributed by atoms with E-state index in [-0.39, 0.29) is 5.57 Å². The number of carbonyl (C=O) groups is 3. The number of aryl methyl sites for hydroxylation is 3. The molecule has 1 saturated heterocycles. The van der Waals surface area contributed by atoms with Gasteiger partial charge in [0.15, 0.2) is 0 Å². The second-order valence-corrected chi connectivity index (χ2v) is 7.67. The molecule has 0 radical (unpaired) electrons. The maximum absolute atomic E-state index is 13.1. The summed E-state index contributed by atoms with van der Waals surface area (Å²) in [6.45, 7) is 8.00. The first-order chi connectivity index (χ1) is 14.8. The number of pyridine rings is 1. The third-order valence-corrected chi connectivity index (χ3v) is 5.26. The Bertz CT molecular complexity index is 1240. The molecule has 7 nitrogen and oxygen atoms in total. The molecule has 7 heteroatoms. The maximum Gasteiger partial charge on any atom is 0.335 e. The van der Waals surface area contributed by atoms with Gasteiger partial charge >= 0.3 is 6.03 Å². The van der Waals surface area contributed by atoms with Gasteiger partial charge in [-0.2, -0.15) is 0 Å². The summed E-state index contributed by atoms with van der Waals surface area (Å²) in [5.41, 5.74) is 6.16. The summed E-state index contributed by atoms with van der Waals surface area (Å²) in [6, 6.07) is 10.5. The highest BCUT2D eigenvalue weighted by molar-refractivity contribution is 6.39. The fraction of sp³-hybridized carbons (Fsp3) is 0.167. The van der Waals surface area contributed by atoms with Crippen LogP contribution in [0.1, 0.15) is 28.1 Å². The highest BCUT2D eigenvalue weighted by Crippen LogP contribution is 2.26. The molecule has 4 amide bonds. The molecule has 1 aromatic carbocycles. The summed E-state index contributed by atoms with van der Waals surface area (Å²) in [5.74, 6) is -1.38. The molecule has 1 aliphatic rings. The minimum absolute atomic E-state index is 0.0999. The van der Waals surface area contributed by atoms with E-state index in [1.807, 2.05) is 33.8 Å². The summed E-state index contributed by atoms with van der Waals surface area (Å²) in [4.78, 5) is 42.7. The van der Waals surface area contributed by atoms with Gasteiger partial charge in [0.1, 0.15) is 5.57 Å². The van der Waals surface area contributed by atoms with Crippen molar-refractivity contribution in [3.05, 3.63) is 82.4 Å². The number of imide groups is 2. The standard InChI is InChI=1S/C24H22N4O3/c1-14-9-15(2)11-20(10-14)27-16(3)12-18(17(27)4)13-21-22(29)26-24(31)28(23(21)30)19-5-7-25-8-6-19/h5-13H,1-4H3,(H,26,29,31)/b21-13+. The number of nitrogens with one attached hydrogen (secondary N) is 1. The molecule has 156 valence electrons. The molecule has 4 rings (SSSR count). The molecule has 31 heavy (non-hydrogen) atoms. The molecule has 0 atom stereocenters. The van der Waals surface area contributed by atoms with Gasteiger partial charge in [0.25, 0.3) is 11.8 Å². The second-order valence-electron chi connectivity index (χ2n) is 7.67. The number of anilines is 1. The van der Waals surface area contributed by atoms with E-state index in [0.29, 0.717) is 5.69 Å². The number of urea groups is 1. The quantitative estimate of drug-likeness (QED) is 0.522. The van der Waals surface area contributed by atoms with E-state index >= 15 is 0 Å². The average Bonchev–Trinajstić information content (AvgIpc) is 2.98. The van der Waals surface area contributed by atoms with Crippen LogP contribution in [-0.2, 0) is 9.59 Å². The van der Waals surface area contributed by atoms with E-state index in [0.717, 1.165) is 38.7 Å². The number of amides is 4. The van der Waals surface area contributed by atoms with Crippen LogP contribution in [0.3, 0.4) is 0 Å². The van der Waals surface area contributed by atoms with Crippen molar-refractivity contribution < 1.29 is 14.4 Å². The molecule has 0 bridgehead atoms. The summed E-state index contributed by atoms with van der Waals surface area (Å²) in [5, 5.41) is 2.25. The molecular weight excluding hydrogens is 392 g/mol. The van der Waals surface area contributed by atoms with Crippen LogP contribution in [0.15, 0.2) is 54.4 Å². The lowest BCUT2D eigenvalue weighted by molar-refractivity contribution is -0.122. The summed E-state index contributed by atoms with van der Waals surface area (Å²) in [6.07, 6.45) is 4.50. The number of nitrogens with zero attached hydrogens (tertiary/aromatic N) is 3. The minimum atomic E-state index is -0.779. The van der Waals surface area contributed by atoms with Gasteiger partial charge in [-0.05, 0) is 80.8 Å². The molecule has 0 spiro atoms. The van der Waals surface area contributed by atoms with Crippen molar-refractivity contribution >= 4 is 29.6 Å². The lowest BCUT2D eigenvalue weighted by Crippen LogP contribution is -2.54. The Morgan fingerprint density at radius 3 is 2.16 bits per heavy atom. The van der Waals surface area contributed by atoms with Crippen molar-refractivity contribution in [2.24, 2.45) is 0 Å². The highest BCUT2D eigenvalue weighted by Gasteiger charge is 2.37. The first-order valence-electron chi connectivity index (χ1n) is 9.85. The fourth-order valence-electron chi connectivity index (χ4n) is 3.95. The molecule has 1 fully saturated rings. The third-order valence-electron chi connectivity index (χ3n) is 5.26. The highest BCUT2D eigenvalue weighted by atomic mass is 16.2. The third kappa shape index (κ3) is 3.66. The Balaban J connectivity index is 1.78. The van der Waals surface area contributed by atoms with Gasteiger partial charge in [-0.3, -0.25) is 19.9 Å². The zero-order valence-corrected chi connectivity index (χ0v) is 17.8. The van der Waals surface area contributed by atoms with Crippen LogP contribution in [0.4, 0.5) is 10.5 Å². The van der Waals surface area contributed by atoms with Crippen molar-refractivity contribution in [1.82, 2.24) is 14.9 Å². The van der Waals surface area contributed by atoms with Crippen molar-refractivity contribution in [3.63, 3.8) is 0 Å². The Morgan fingerprint density at radius 2 is 1.52 bits per heavy atom. The van der Waals surface area contributed by atoms with Gasteiger partial charge in [0, 0.05) is 29.5 Å². The smallest absolute Gasteiger partial charge is 0.318 e. The number of aromatic nitrogens is 2. The second kappa shape index (κ2) is 7.68. The molecule has 3 aromatic rings. The van der Waals surface area contributed by atoms with Crippen LogP contribution in [0.5, 0.6) is 0 Å². The lowest BCUT2D eigenvalue weighted by atomic mass is 10.1. The largest absolute Gasteiger partial charge is 0.335 e. The van der Waals surface area contributed by atoms with Gasteiger partial charge < -0.3 is 4.57 Å². The zero-order chi connectivity index (χ0) is 22.3. The molecule has 0 aliphatic carbocycles. The molecule has 0 saturated carbocycles. The maximum atomic E-state index is 13.1. The van der Waals surface area contributed by atoms with Crippen LogP contribution in [0.2, 0.25) is 0 Å². The van der Waals surface area contributed by atoms with Crippen LogP contribution in [-0.4, -0.2) is 27.4 Å². The van der Waals surface area contributed by atoms with E-state index < -0.39 is 17.8 Å². The molecular formula is C24H22N4O3. The SMILES string of the molecule is Cc1cc(C)cc(-n2c(C)cc(/C=C3\C(=O)NC(=O)N(c4ccncc4)C3=O)c2C)c1. The number of benzene rings is 1. The van der Waals surface area contributed by atoms with E-state index in [4.69, 9.17) is 0 Å². The summed E-state index contributed by atoms with van der Waals surface area (Å²) in [7, 11) is 0. The number of hydrogen-bond acceptors (Lipinski definition) is 4. The van der Waals surface area contributed by atoms with Gasteiger partial charge in [-0.15, -0.1) is 0 Å².